The second kappa shape index (κ2) is 18.6. The quantitative estimate of drug-likeness (QED) is 0.139. The van der Waals surface area contributed by atoms with Crippen molar-refractivity contribution in [3.05, 3.63) is 59.2 Å². The number of aliphatic imine (C=N–C) groups is 1. The van der Waals surface area contributed by atoms with Gasteiger partial charge < -0.3 is 36.1 Å². The molecule has 0 unspecified atom stereocenters. The highest BCUT2D eigenvalue weighted by Gasteiger charge is 2.44. The van der Waals surface area contributed by atoms with Gasteiger partial charge in [-0.15, -0.1) is 0 Å². The molecule has 12 heteroatoms. The summed E-state index contributed by atoms with van der Waals surface area (Å²) in [4.78, 5) is 32.1. The maximum Gasteiger partial charge on any atom is 0.302 e. The van der Waals surface area contributed by atoms with E-state index in [0.29, 0.717) is 62.8 Å². The lowest BCUT2D eigenvalue weighted by Crippen LogP contribution is -2.35. The Labute approximate surface area is 292 Å². The van der Waals surface area contributed by atoms with Gasteiger partial charge in [-0.3, -0.25) is 9.59 Å². The molecule has 0 spiro atoms. The van der Waals surface area contributed by atoms with Gasteiger partial charge in [0.05, 0.1) is 19.3 Å². The first-order chi connectivity index (χ1) is 23.1. The molecular formula is C36H52N4O6S2. The van der Waals surface area contributed by atoms with Crippen LogP contribution in [0.2, 0.25) is 0 Å². The number of nitrogens with zero attached hydrogens (tertiary/aromatic N) is 2. The van der Waals surface area contributed by atoms with Gasteiger partial charge in [0.2, 0.25) is 5.91 Å². The minimum atomic E-state index is -0.560. The van der Waals surface area contributed by atoms with E-state index in [0.717, 1.165) is 48.3 Å². The number of phenolic OH excluding ortho intramolecular Hbond substituents is 1. The summed E-state index contributed by atoms with van der Waals surface area (Å²) in [6, 6.07) is 13.7. The van der Waals surface area contributed by atoms with Gasteiger partial charge in [-0.25, -0.2) is 4.99 Å². The summed E-state index contributed by atoms with van der Waals surface area (Å²) in [5.74, 6) is 1.73. The van der Waals surface area contributed by atoms with Gasteiger partial charge in [-0.2, -0.15) is 0 Å². The smallest absolute Gasteiger partial charge is 0.302 e. The van der Waals surface area contributed by atoms with E-state index in [1.54, 1.807) is 16.9 Å². The number of aliphatic hydroxyl groups is 1. The van der Waals surface area contributed by atoms with Crippen LogP contribution in [-0.4, -0.2) is 76.4 Å². The minimum Gasteiger partial charge on any atom is -0.504 e. The standard InChI is InChI=1S/C36H52N4O6S2/c1-25(41)46-31-14-13-27-16-28(34(44)32(17-27)45-2)22-40-24-36(21-33(40)43,19-26-10-6-5-7-11-26)20-29(39-35(37)38)23-48-47-15-9-4-3-8-12-30(42)18-31/h5-7,10-11,16-17,29-31,42,44H,3-4,8-9,12-15,18-24H2,1-2H3,(H4,37,38,39)/t29-,30-,31-,36+/m0/s1. The highest BCUT2D eigenvalue weighted by Crippen LogP contribution is 2.43. The van der Waals surface area contributed by atoms with Gasteiger partial charge in [0.15, 0.2) is 17.5 Å². The maximum absolute atomic E-state index is 13.8. The number of ether oxygens (including phenoxy) is 2. The lowest BCUT2D eigenvalue weighted by Gasteiger charge is -2.32. The molecule has 2 heterocycles. The second-order valence-corrected chi connectivity index (χ2v) is 15.9. The summed E-state index contributed by atoms with van der Waals surface area (Å²) >= 11 is 0. The molecule has 6 N–H and O–H groups in total. The number of nitrogens with two attached hydrogens (primary N) is 2. The monoisotopic (exact) mass is 700 g/mol. The fourth-order valence-corrected chi connectivity index (χ4v) is 9.33. The largest absolute Gasteiger partial charge is 0.504 e. The van der Waals surface area contributed by atoms with Crippen molar-refractivity contribution in [1.29, 1.82) is 0 Å². The van der Waals surface area contributed by atoms with Crippen LogP contribution in [-0.2, 0) is 33.7 Å². The molecule has 4 atom stereocenters. The van der Waals surface area contributed by atoms with E-state index in [9.17, 15) is 19.8 Å². The van der Waals surface area contributed by atoms with E-state index < -0.39 is 17.6 Å². The Hall–Kier alpha value is -3.09. The third-order valence-corrected chi connectivity index (χ3v) is 11.7. The second-order valence-electron chi connectivity index (χ2n) is 13.3. The first-order valence-corrected chi connectivity index (χ1v) is 19.4. The summed E-state index contributed by atoms with van der Waals surface area (Å²) in [5.41, 5.74) is 14.0. The minimum absolute atomic E-state index is 0.00102. The van der Waals surface area contributed by atoms with Crippen LogP contribution in [0.4, 0.5) is 0 Å². The predicted octanol–water partition coefficient (Wildman–Crippen LogP) is 5.36. The Morgan fingerprint density at radius 3 is 2.60 bits per heavy atom. The predicted molar refractivity (Wildman–Crippen MR) is 194 cm³/mol. The Balaban J connectivity index is 1.64. The molecule has 2 aromatic carbocycles. The molecule has 48 heavy (non-hydrogen) atoms. The van der Waals surface area contributed by atoms with Crippen LogP contribution in [0.3, 0.4) is 0 Å². The Bertz CT molecular complexity index is 1380. The van der Waals surface area contributed by atoms with Crippen molar-refractivity contribution in [1.82, 2.24) is 4.90 Å². The lowest BCUT2D eigenvalue weighted by molar-refractivity contribution is -0.148. The summed E-state index contributed by atoms with van der Waals surface area (Å²) in [5, 5.41) is 21.9. The highest BCUT2D eigenvalue weighted by atomic mass is 33.1. The molecular weight excluding hydrogens is 649 g/mol. The zero-order valence-corrected chi connectivity index (χ0v) is 29.9. The topological polar surface area (TPSA) is 161 Å². The van der Waals surface area contributed by atoms with Crippen molar-refractivity contribution >= 4 is 39.4 Å². The van der Waals surface area contributed by atoms with Gasteiger partial charge in [-0.05, 0) is 55.7 Å². The first kappa shape index (κ1) is 37.7. The molecule has 0 aliphatic carbocycles. The molecule has 1 amide bonds. The van der Waals surface area contributed by atoms with Crippen LogP contribution in [0.15, 0.2) is 47.5 Å². The average molecular weight is 701 g/mol. The third-order valence-electron chi connectivity index (χ3n) is 9.10. The average Bonchev–Trinajstić information content (AvgIpc) is 3.32. The molecule has 0 aromatic heterocycles. The number of fused-ring (bicyclic) bond motifs is 4. The number of methoxy groups -OCH3 is 1. The Kier molecular flexibility index (Phi) is 14.6. The van der Waals surface area contributed by atoms with Crippen LogP contribution < -0.4 is 16.2 Å². The fourth-order valence-electron chi connectivity index (χ4n) is 6.98. The highest BCUT2D eigenvalue weighted by molar-refractivity contribution is 8.76. The van der Waals surface area contributed by atoms with E-state index in [4.69, 9.17) is 20.9 Å². The Morgan fingerprint density at radius 1 is 1.10 bits per heavy atom. The van der Waals surface area contributed by atoms with E-state index in [2.05, 4.69) is 17.1 Å². The number of aromatic hydroxyl groups is 1. The van der Waals surface area contributed by atoms with Crippen LogP contribution in [0, 0.1) is 5.41 Å². The number of rotatable bonds is 5. The molecule has 2 aromatic rings. The summed E-state index contributed by atoms with van der Waals surface area (Å²) < 4.78 is 11.1. The number of aryl methyl sites for hydroxylation is 1. The number of hydrogen-bond donors (Lipinski definition) is 4. The van der Waals surface area contributed by atoms with Crippen molar-refractivity contribution in [3.63, 3.8) is 0 Å². The molecule has 1 saturated heterocycles. The molecule has 1 fully saturated rings. The lowest BCUT2D eigenvalue weighted by atomic mass is 9.76. The van der Waals surface area contributed by atoms with Gasteiger partial charge in [-0.1, -0.05) is 77.2 Å². The zero-order valence-electron chi connectivity index (χ0n) is 28.3. The van der Waals surface area contributed by atoms with E-state index >= 15 is 0 Å². The Morgan fingerprint density at radius 2 is 1.88 bits per heavy atom. The van der Waals surface area contributed by atoms with Gasteiger partial charge in [0.25, 0.3) is 0 Å². The number of esters is 1. The number of carbonyl (C=O) groups is 2. The molecule has 10 nitrogen and oxygen atoms in total. The number of amides is 1. The van der Waals surface area contributed by atoms with Crippen molar-refractivity contribution in [2.75, 3.05) is 25.2 Å². The van der Waals surface area contributed by atoms with Crippen molar-refractivity contribution < 1.29 is 29.3 Å². The summed E-state index contributed by atoms with van der Waals surface area (Å²) in [6.07, 6.45) is 6.86. The van der Waals surface area contributed by atoms with E-state index in [-0.39, 0.29) is 36.2 Å². The zero-order chi connectivity index (χ0) is 34.5. The number of benzene rings is 2. The van der Waals surface area contributed by atoms with Gasteiger partial charge in [0, 0.05) is 55.3 Å². The number of phenols is 1. The van der Waals surface area contributed by atoms with Gasteiger partial charge >= 0.3 is 5.97 Å². The van der Waals surface area contributed by atoms with Crippen molar-refractivity contribution in [2.24, 2.45) is 21.9 Å². The number of guanidine groups is 1. The first-order valence-electron chi connectivity index (χ1n) is 16.9. The molecule has 0 saturated carbocycles. The fraction of sp³-hybridized carbons (Fsp3) is 0.583. The van der Waals surface area contributed by atoms with Crippen LogP contribution in [0.1, 0.15) is 81.4 Å². The van der Waals surface area contributed by atoms with Crippen molar-refractivity contribution in [2.45, 2.75) is 102 Å². The molecule has 4 bridgehead atoms. The third kappa shape index (κ3) is 11.8. The van der Waals surface area contributed by atoms with E-state index in [1.807, 2.05) is 40.0 Å². The van der Waals surface area contributed by atoms with Crippen LogP contribution >= 0.6 is 21.6 Å². The van der Waals surface area contributed by atoms with Crippen LogP contribution in [0.25, 0.3) is 0 Å². The molecule has 2 aliphatic rings. The number of hydrogen-bond acceptors (Lipinski definition) is 9. The molecule has 4 rings (SSSR count). The van der Waals surface area contributed by atoms with Crippen molar-refractivity contribution in [3.8, 4) is 11.5 Å². The van der Waals surface area contributed by atoms with E-state index in [1.165, 1.54) is 14.0 Å². The SMILES string of the molecule is COc1cc2cc(c1O)CN1C[C@@](Cc3ccccc3)(CC1=O)C[C@H](N=C(N)N)CSSCCCCCC[C@H](O)C[C@@H](OC(C)=O)CC2. The molecule has 2 aliphatic heterocycles. The van der Waals surface area contributed by atoms with Gasteiger partial charge in [0.1, 0.15) is 6.10 Å². The maximum atomic E-state index is 13.8. The summed E-state index contributed by atoms with van der Waals surface area (Å²) in [6.45, 7) is 2.10. The molecule has 0 radical (unpaired) electrons. The van der Waals surface area contributed by atoms with Crippen LogP contribution in [0.5, 0.6) is 11.5 Å². The number of aliphatic hydroxyl groups excluding tert-OH is 1. The number of carbonyl (C=O) groups excluding carboxylic acids is 2. The summed E-state index contributed by atoms with van der Waals surface area (Å²) in [7, 11) is 5.08. The molecule has 264 valence electrons. The normalized spacial score (nSPS) is 25.2.